The van der Waals surface area contributed by atoms with E-state index in [4.69, 9.17) is 4.98 Å². The Labute approximate surface area is 189 Å². The molecule has 4 heteroatoms. The van der Waals surface area contributed by atoms with Crippen LogP contribution in [0.2, 0.25) is 0 Å². The van der Waals surface area contributed by atoms with E-state index in [1.165, 1.54) is 21.6 Å². The Morgan fingerprint density at radius 2 is 1.74 bits per heavy atom. The number of hydrogen-bond donors (Lipinski definition) is 1. The number of aromatic nitrogens is 2. The number of benzene rings is 2. The summed E-state index contributed by atoms with van der Waals surface area (Å²) in [6.45, 7) is 8.82. The lowest BCUT2D eigenvalue weighted by atomic mass is 10.0. The average Bonchev–Trinajstić information content (AvgIpc) is 3.25. The van der Waals surface area contributed by atoms with Crippen LogP contribution < -0.4 is 5.32 Å². The van der Waals surface area contributed by atoms with Gasteiger partial charge in [-0.05, 0) is 49.9 Å². The van der Waals surface area contributed by atoms with Crippen molar-refractivity contribution in [3.63, 3.8) is 0 Å². The highest BCUT2D eigenvalue weighted by Gasteiger charge is 2.19. The molecule has 31 heavy (non-hydrogen) atoms. The fourth-order valence-electron chi connectivity index (χ4n) is 3.66. The van der Waals surface area contributed by atoms with Gasteiger partial charge in [0.2, 0.25) is 0 Å². The number of nitrogens with one attached hydrogen (secondary N) is 1. The van der Waals surface area contributed by atoms with Crippen LogP contribution >= 0.6 is 11.3 Å². The second-order valence-electron chi connectivity index (χ2n) is 8.12. The van der Waals surface area contributed by atoms with Crippen LogP contribution in [-0.4, -0.2) is 9.97 Å². The molecule has 0 aliphatic rings. The summed E-state index contributed by atoms with van der Waals surface area (Å²) in [5.41, 5.74) is 5.91. The fourth-order valence-corrected chi connectivity index (χ4v) is 4.88. The van der Waals surface area contributed by atoms with Crippen LogP contribution in [0.15, 0.2) is 72.9 Å². The third-order valence-corrected chi connectivity index (χ3v) is 7.01. The summed E-state index contributed by atoms with van der Waals surface area (Å²) >= 11 is 1.80. The Hall–Kier alpha value is -2.98. The Bertz CT molecular complexity index is 1150. The quantitative estimate of drug-likeness (QED) is 0.326. The van der Waals surface area contributed by atoms with Gasteiger partial charge in [-0.1, -0.05) is 67.9 Å². The summed E-state index contributed by atoms with van der Waals surface area (Å²) < 4.78 is 0. The lowest BCUT2D eigenvalue weighted by Crippen LogP contribution is -2.07. The molecule has 0 aliphatic heterocycles. The first-order valence-corrected chi connectivity index (χ1v) is 11.7. The van der Waals surface area contributed by atoms with Gasteiger partial charge in [0.05, 0.1) is 5.69 Å². The zero-order valence-corrected chi connectivity index (χ0v) is 19.4. The number of aryl methyl sites for hydroxylation is 1. The minimum atomic E-state index is 0.179. The van der Waals surface area contributed by atoms with Crippen LogP contribution in [0.3, 0.4) is 0 Å². The number of pyridine rings is 1. The minimum absolute atomic E-state index is 0.179. The Morgan fingerprint density at radius 3 is 2.48 bits per heavy atom. The van der Waals surface area contributed by atoms with Gasteiger partial charge in [-0.15, -0.1) is 11.3 Å². The van der Waals surface area contributed by atoms with Gasteiger partial charge in [0.1, 0.15) is 10.8 Å². The molecule has 0 fully saturated rings. The molecule has 0 bridgehead atoms. The molecule has 2 aromatic carbocycles. The molecule has 4 aromatic rings. The van der Waals surface area contributed by atoms with Crippen molar-refractivity contribution >= 4 is 17.2 Å². The van der Waals surface area contributed by atoms with Gasteiger partial charge in [-0.2, -0.15) is 0 Å². The van der Waals surface area contributed by atoms with Gasteiger partial charge in [-0.25, -0.2) is 9.97 Å². The van der Waals surface area contributed by atoms with Gasteiger partial charge in [0.25, 0.3) is 0 Å². The summed E-state index contributed by atoms with van der Waals surface area (Å²) in [6, 6.07) is 23.4. The molecule has 0 saturated carbocycles. The summed E-state index contributed by atoms with van der Waals surface area (Å²) in [4.78, 5) is 11.0. The van der Waals surface area contributed by atoms with Crippen LogP contribution in [0.25, 0.3) is 21.8 Å². The van der Waals surface area contributed by atoms with E-state index in [9.17, 15) is 0 Å². The van der Waals surface area contributed by atoms with Crippen LogP contribution in [0.1, 0.15) is 55.2 Å². The molecule has 0 radical (unpaired) electrons. The Morgan fingerprint density at radius 1 is 0.935 bits per heavy atom. The number of thiazole rings is 1. The van der Waals surface area contributed by atoms with Crippen molar-refractivity contribution in [2.24, 2.45) is 0 Å². The number of anilines is 1. The third-order valence-electron chi connectivity index (χ3n) is 5.68. The van der Waals surface area contributed by atoms with Gasteiger partial charge in [0, 0.05) is 28.2 Å². The zero-order chi connectivity index (χ0) is 21.8. The molecule has 158 valence electrons. The summed E-state index contributed by atoms with van der Waals surface area (Å²) in [6.07, 6.45) is 2.96. The zero-order valence-electron chi connectivity index (χ0n) is 18.6. The van der Waals surface area contributed by atoms with Crippen molar-refractivity contribution in [1.29, 1.82) is 0 Å². The van der Waals surface area contributed by atoms with E-state index in [1.807, 2.05) is 12.3 Å². The fraction of sp³-hybridized carbons (Fsp3) is 0.259. The second-order valence-corrected chi connectivity index (χ2v) is 9.15. The molecule has 2 aromatic heterocycles. The van der Waals surface area contributed by atoms with E-state index in [0.717, 1.165) is 28.5 Å². The van der Waals surface area contributed by atoms with Gasteiger partial charge >= 0.3 is 0 Å². The summed E-state index contributed by atoms with van der Waals surface area (Å²) in [5, 5.41) is 4.57. The first-order valence-electron chi connectivity index (χ1n) is 10.9. The normalized spacial score (nSPS) is 13.0. The molecule has 0 spiro atoms. The molecule has 4 rings (SSSR count). The van der Waals surface area contributed by atoms with Crippen molar-refractivity contribution in [3.8, 4) is 21.8 Å². The lowest BCUT2D eigenvalue weighted by Gasteiger charge is -2.15. The number of nitrogens with zero attached hydrogens (tertiary/aromatic N) is 2. The molecule has 0 aliphatic carbocycles. The predicted molar refractivity (Wildman–Crippen MR) is 133 cm³/mol. The van der Waals surface area contributed by atoms with E-state index in [-0.39, 0.29) is 6.04 Å². The highest BCUT2D eigenvalue weighted by molar-refractivity contribution is 7.15. The maximum absolute atomic E-state index is 5.10. The minimum Gasteiger partial charge on any atom is -0.364 e. The molecule has 2 atom stereocenters. The standard InChI is InChI=1S/C27H29N3S/c1-5-19(3)26-25(22-13-9-10-18(2)16-22)30-27(31-26)23-14-15-28-24(17-23)29-20(4)21-11-7-6-8-12-21/h6-17,19-20H,5H2,1-4H3,(H,28,29)/t19?,20-/m1/s1. The van der Waals surface area contributed by atoms with Gasteiger partial charge in [0.15, 0.2) is 0 Å². The molecule has 1 N–H and O–H groups in total. The smallest absolute Gasteiger partial charge is 0.127 e. The summed E-state index contributed by atoms with van der Waals surface area (Å²) in [5.74, 6) is 1.34. The molecule has 3 nitrogen and oxygen atoms in total. The van der Waals surface area contributed by atoms with E-state index in [1.54, 1.807) is 11.3 Å². The molecule has 0 amide bonds. The van der Waals surface area contributed by atoms with Crippen LogP contribution in [0.5, 0.6) is 0 Å². The number of hydrogen-bond acceptors (Lipinski definition) is 4. The first-order chi connectivity index (χ1) is 15.0. The van der Waals surface area contributed by atoms with Gasteiger partial charge < -0.3 is 5.32 Å². The van der Waals surface area contributed by atoms with Crippen molar-refractivity contribution in [3.05, 3.63) is 88.9 Å². The molecule has 0 saturated heterocycles. The van der Waals surface area contributed by atoms with E-state index < -0.39 is 0 Å². The molecule has 1 unspecified atom stereocenters. The number of rotatable bonds is 7. The van der Waals surface area contributed by atoms with Crippen LogP contribution in [0, 0.1) is 6.92 Å². The summed E-state index contributed by atoms with van der Waals surface area (Å²) in [7, 11) is 0. The molecular formula is C27H29N3S. The second kappa shape index (κ2) is 9.44. The van der Waals surface area contributed by atoms with Crippen molar-refractivity contribution < 1.29 is 0 Å². The monoisotopic (exact) mass is 427 g/mol. The maximum Gasteiger partial charge on any atom is 0.127 e. The average molecular weight is 428 g/mol. The van der Waals surface area contributed by atoms with Gasteiger partial charge in [-0.3, -0.25) is 0 Å². The van der Waals surface area contributed by atoms with Crippen molar-refractivity contribution in [1.82, 2.24) is 9.97 Å². The predicted octanol–water partition coefficient (Wildman–Crippen LogP) is 7.87. The van der Waals surface area contributed by atoms with E-state index >= 15 is 0 Å². The van der Waals surface area contributed by atoms with E-state index in [2.05, 4.69) is 98.7 Å². The molecule has 2 heterocycles. The lowest BCUT2D eigenvalue weighted by molar-refractivity contribution is 0.748. The van der Waals surface area contributed by atoms with Crippen LogP contribution in [-0.2, 0) is 0 Å². The highest BCUT2D eigenvalue weighted by atomic mass is 32.1. The van der Waals surface area contributed by atoms with Crippen molar-refractivity contribution in [2.45, 2.75) is 46.1 Å². The molecular weight excluding hydrogens is 398 g/mol. The van der Waals surface area contributed by atoms with E-state index in [0.29, 0.717) is 5.92 Å². The van der Waals surface area contributed by atoms with Crippen molar-refractivity contribution in [2.75, 3.05) is 5.32 Å². The maximum atomic E-state index is 5.10. The largest absolute Gasteiger partial charge is 0.364 e. The Kier molecular flexibility index (Phi) is 6.47. The highest BCUT2D eigenvalue weighted by Crippen LogP contribution is 2.39. The third kappa shape index (κ3) is 4.86. The van der Waals surface area contributed by atoms with Crippen LogP contribution in [0.4, 0.5) is 5.82 Å². The SMILES string of the molecule is CCC(C)c1sc(-c2ccnc(N[C@H](C)c3ccccc3)c2)nc1-c1cccc(C)c1. The Balaban J connectivity index is 1.67. The topological polar surface area (TPSA) is 37.8 Å². The first kappa shape index (κ1) is 21.3.